The Kier molecular flexibility index (Phi) is 6.02. The van der Waals surface area contributed by atoms with Crippen molar-refractivity contribution in [3.05, 3.63) is 97.9 Å². The summed E-state index contributed by atoms with van der Waals surface area (Å²) >= 11 is 15.7. The lowest BCUT2D eigenvalue weighted by atomic mass is 10.1. The molecule has 0 N–H and O–H groups in total. The largest absolute Gasteiger partial charge is 0.304 e. The van der Waals surface area contributed by atoms with Crippen LogP contribution in [0.2, 0.25) is 10.0 Å². The van der Waals surface area contributed by atoms with Crippen LogP contribution < -0.4 is 4.90 Å². The lowest BCUT2D eigenvalue weighted by Gasteiger charge is -2.24. The van der Waals surface area contributed by atoms with Crippen molar-refractivity contribution in [3.63, 3.8) is 0 Å². The first-order valence-electron chi connectivity index (χ1n) is 8.02. The fourth-order valence-corrected chi connectivity index (χ4v) is 3.31. The van der Waals surface area contributed by atoms with E-state index in [-0.39, 0.29) is 5.91 Å². The molecular formula is C21H16BrCl2NO. The van der Waals surface area contributed by atoms with E-state index < -0.39 is 0 Å². The van der Waals surface area contributed by atoms with Gasteiger partial charge in [0.05, 0.1) is 6.54 Å². The van der Waals surface area contributed by atoms with E-state index in [9.17, 15) is 4.79 Å². The normalized spacial score (nSPS) is 10.6. The molecule has 1 amide bonds. The number of carbonyl (C=O) groups excluding carboxylic acids is 1. The molecule has 0 atom stereocenters. The Labute approximate surface area is 171 Å². The van der Waals surface area contributed by atoms with Crippen LogP contribution in [-0.4, -0.2) is 5.91 Å². The molecule has 0 saturated carbocycles. The van der Waals surface area contributed by atoms with Crippen LogP contribution in [0.25, 0.3) is 0 Å². The van der Waals surface area contributed by atoms with Crippen molar-refractivity contribution in [2.24, 2.45) is 0 Å². The molecule has 0 spiro atoms. The summed E-state index contributed by atoms with van der Waals surface area (Å²) in [7, 11) is 0. The molecule has 0 fully saturated rings. The van der Waals surface area contributed by atoms with Gasteiger partial charge < -0.3 is 4.90 Å². The molecular weight excluding hydrogens is 433 g/mol. The van der Waals surface area contributed by atoms with Crippen LogP contribution in [-0.2, 0) is 6.54 Å². The molecule has 0 aromatic heterocycles. The first-order valence-corrected chi connectivity index (χ1v) is 9.57. The highest BCUT2D eigenvalue weighted by atomic mass is 79.9. The number of rotatable bonds is 4. The van der Waals surface area contributed by atoms with E-state index in [1.807, 2.05) is 49.4 Å². The number of amides is 1. The standard InChI is InChI=1S/C21H16BrCl2NO/c1-14-2-10-19(11-3-14)25(13-16-6-9-18(23)12-20(16)24)21(26)15-4-7-17(22)8-5-15/h2-12H,13H2,1H3. The van der Waals surface area contributed by atoms with E-state index in [1.54, 1.807) is 29.2 Å². The predicted octanol–water partition coefficient (Wildman–Crippen LogP) is 6.91. The lowest BCUT2D eigenvalue weighted by Crippen LogP contribution is -2.30. The van der Waals surface area contributed by atoms with Crippen LogP contribution in [0.5, 0.6) is 0 Å². The molecule has 0 aliphatic rings. The average Bonchev–Trinajstić information content (AvgIpc) is 2.62. The zero-order valence-corrected chi connectivity index (χ0v) is 17.1. The molecule has 0 bridgehead atoms. The Hall–Kier alpha value is -1.81. The average molecular weight is 449 g/mol. The Morgan fingerprint density at radius 2 is 1.62 bits per heavy atom. The molecule has 0 radical (unpaired) electrons. The summed E-state index contributed by atoms with van der Waals surface area (Å²) in [5, 5.41) is 1.11. The number of nitrogens with zero attached hydrogens (tertiary/aromatic N) is 1. The highest BCUT2D eigenvalue weighted by molar-refractivity contribution is 9.10. The second kappa shape index (κ2) is 8.26. The molecule has 5 heteroatoms. The summed E-state index contributed by atoms with van der Waals surface area (Å²) in [4.78, 5) is 14.9. The summed E-state index contributed by atoms with van der Waals surface area (Å²) in [6.45, 7) is 2.37. The van der Waals surface area contributed by atoms with Crippen LogP contribution in [0.3, 0.4) is 0 Å². The summed E-state index contributed by atoms with van der Waals surface area (Å²) < 4.78 is 0.927. The molecule has 0 heterocycles. The minimum atomic E-state index is -0.0904. The highest BCUT2D eigenvalue weighted by Crippen LogP contribution is 2.26. The van der Waals surface area contributed by atoms with Crippen molar-refractivity contribution in [1.29, 1.82) is 0 Å². The molecule has 0 aliphatic heterocycles. The van der Waals surface area contributed by atoms with Crippen LogP contribution >= 0.6 is 39.1 Å². The van der Waals surface area contributed by atoms with Crippen molar-refractivity contribution in [2.45, 2.75) is 13.5 Å². The quantitative estimate of drug-likeness (QED) is 0.424. The monoisotopic (exact) mass is 447 g/mol. The van der Waals surface area contributed by atoms with Gasteiger partial charge in [0, 0.05) is 25.8 Å². The van der Waals surface area contributed by atoms with Crippen molar-refractivity contribution in [3.8, 4) is 0 Å². The Bertz CT molecular complexity index is 924. The Balaban J connectivity index is 1.99. The van der Waals surface area contributed by atoms with E-state index in [1.165, 1.54) is 0 Å². The van der Waals surface area contributed by atoms with E-state index in [2.05, 4.69) is 15.9 Å². The maximum atomic E-state index is 13.2. The van der Waals surface area contributed by atoms with E-state index in [4.69, 9.17) is 23.2 Å². The smallest absolute Gasteiger partial charge is 0.258 e. The SMILES string of the molecule is Cc1ccc(N(Cc2ccc(Cl)cc2Cl)C(=O)c2ccc(Br)cc2)cc1. The summed E-state index contributed by atoms with van der Waals surface area (Å²) in [6.07, 6.45) is 0. The number of hydrogen-bond acceptors (Lipinski definition) is 1. The third kappa shape index (κ3) is 4.47. The number of anilines is 1. The fraction of sp³-hybridized carbons (Fsp3) is 0.0952. The Morgan fingerprint density at radius 1 is 0.962 bits per heavy atom. The van der Waals surface area contributed by atoms with Gasteiger partial charge in [0.15, 0.2) is 0 Å². The van der Waals surface area contributed by atoms with Gasteiger partial charge in [-0.3, -0.25) is 4.79 Å². The minimum absolute atomic E-state index is 0.0904. The zero-order chi connectivity index (χ0) is 18.7. The number of carbonyl (C=O) groups is 1. The van der Waals surface area contributed by atoms with Crippen LogP contribution in [0, 0.1) is 6.92 Å². The Morgan fingerprint density at radius 3 is 2.23 bits per heavy atom. The van der Waals surface area contributed by atoms with Gasteiger partial charge in [0.1, 0.15) is 0 Å². The summed E-state index contributed by atoms with van der Waals surface area (Å²) in [5.74, 6) is -0.0904. The van der Waals surface area contributed by atoms with Gasteiger partial charge in [-0.2, -0.15) is 0 Å². The van der Waals surface area contributed by atoms with E-state index >= 15 is 0 Å². The number of halogens is 3. The predicted molar refractivity (Wildman–Crippen MR) is 112 cm³/mol. The fourth-order valence-electron chi connectivity index (χ4n) is 2.57. The second-order valence-electron chi connectivity index (χ2n) is 5.97. The molecule has 132 valence electrons. The number of hydrogen-bond donors (Lipinski definition) is 0. The second-order valence-corrected chi connectivity index (χ2v) is 7.73. The van der Waals surface area contributed by atoms with Gasteiger partial charge in [0.25, 0.3) is 5.91 Å². The topological polar surface area (TPSA) is 20.3 Å². The van der Waals surface area contributed by atoms with Gasteiger partial charge in [0.2, 0.25) is 0 Å². The van der Waals surface area contributed by atoms with Crippen LogP contribution in [0.1, 0.15) is 21.5 Å². The van der Waals surface area contributed by atoms with E-state index in [0.717, 1.165) is 21.3 Å². The van der Waals surface area contributed by atoms with Gasteiger partial charge in [-0.05, 0) is 61.0 Å². The van der Waals surface area contributed by atoms with Gasteiger partial charge in [-0.1, -0.05) is 62.9 Å². The number of aryl methyl sites for hydroxylation is 1. The van der Waals surface area contributed by atoms with Crippen LogP contribution in [0.15, 0.2) is 71.2 Å². The van der Waals surface area contributed by atoms with E-state index in [0.29, 0.717) is 22.2 Å². The maximum absolute atomic E-state index is 13.2. The molecule has 3 aromatic rings. The van der Waals surface area contributed by atoms with Crippen molar-refractivity contribution < 1.29 is 4.79 Å². The molecule has 3 aromatic carbocycles. The zero-order valence-electron chi connectivity index (χ0n) is 14.0. The molecule has 0 aliphatic carbocycles. The first-order chi connectivity index (χ1) is 12.4. The lowest BCUT2D eigenvalue weighted by molar-refractivity contribution is 0.0985. The first kappa shape index (κ1) is 19.0. The van der Waals surface area contributed by atoms with Crippen molar-refractivity contribution in [1.82, 2.24) is 0 Å². The molecule has 0 unspecified atom stereocenters. The molecule has 2 nitrogen and oxygen atoms in total. The summed E-state index contributed by atoms with van der Waals surface area (Å²) in [5.41, 5.74) is 3.39. The van der Waals surface area contributed by atoms with Gasteiger partial charge in [-0.15, -0.1) is 0 Å². The van der Waals surface area contributed by atoms with Gasteiger partial charge >= 0.3 is 0 Å². The third-order valence-electron chi connectivity index (χ3n) is 4.03. The maximum Gasteiger partial charge on any atom is 0.258 e. The number of benzene rings is 3. The summed E-state index contributed by atoms with van der Waals surface area (Å²) in [6, 6.07) is 20.5. The van der Waals surface area contributed by atoms with Crippen molar-refractivity contribution >= 4 is 50.7 Å². The molecule has 0 saturated heterocycles. The van der Waals surface area contributed by atoms with Crippen LogP contribution in [0.4, 0.5) is 5.69 Å². The highest BCUT2D eigenvalue weighted by Gasteiger charge is 2.19. The molecule has 26 heavy (non-hydrogen) atoms. The third-order valence-corrected chi connectivity index (χ3v) is 5.14. The molecule has 3 rings (SSSR count). The minimum Gasteiger partial charge on any atom is -0.304 e. The van der Waals surface area contributed by atoms with Gasteiger partial charge in [-0.25, -0.2) is 0 Å². The van der Waals surface area contributed by atoms with Crippen molar-refractivity contribution in [2.75, 3.05) is 4.90 Å².